The third kappa shape index (κ3) is 5.59. The molecular weight excluding hydrogens is 578 g/mol. The van der Waals surface area contributed by atoms with Gasteiger partial charge in [0.15, 0.2) is 11.6 Å². The van der Waals surface area contributed by atoms with Gasteiger partial charge in [-0.1, -0.05) is 62.2 Å². The third-order valence-electron chi connectivity index (χ3n) is 5.75. The lowest BCUT2D eigenvalue weighted by atomic mass is 9.82. The number of hydrazine groups is 1. The van der Waals surface area contributed by atoms with E-state index in [4.69, 9.17) is 25.4 Å². The molecule has 3 aromatic rings. The van der Waals surface area contributed by atoms with Gasteiger partial charge in [-0.15, -0.1) is 0 Å². The van der Waals surface area contributed by atoms with E-state index in [1.165, 1.54) is 0 Å². The van der Waals surface area contributed by atoms with E-state index in [1.54, 1.807) is 0 Å². The number of rotatable bonds is 9. The van der Waals surface area contributed by atoms with Crippen LogP contribution in [0.3, 0.4) is 0 Å². The van der Waals surface area contributed by atoms with Crippen LogP contribution >= 0.6 is 31.9 Å². The lowest BCUT2D eigenvalue weighted by molar-refractivity contribution is -0.129. The summed E-state index contributed by atoms with van der Waals surface area (Å²) in [5.41, 5.74) is 3.39. The first-order valence-corrected chi connectivity index (χ1v) is 12.7. The fraction of sp³-hybridized carbons (Fsp3) is 0.231. The molecule has 9 heteroatoms. The van der Waals surface area contributed by atoms with Gasteiger partial charge in [0.05, 0.1) is 6.61 Å². The number of ether oxygens (including phenoxy) is 2. The molecule has 0 unspecified atom stereocenters. The normalized spacial score (nSPS) is 19.1. The van der Waals surface area contributed by atoms with Crippen LogP contribution in [0.2, 0.25) is 0 Å². The molecule has 35 heavy (non-hydrogen) atoms. The number of hydrogen-bond acceptors (Lipinski definition) is 6. The minimum Gasteiger partial charge on any atom is -0.494 e. The van der Waals surface area contributed by atoms with Crippen LogP contribution in [0.4, 0.5) is 0 Å². The van der Waals surface area contributed by atoms with Crippen LogP contribution in [0.15, 0.2) is 86.7 Å². The molecule has 0 bridgehead atoms. The number of halogens is 2. The highest BCUT2D eigenvalue weighted by Crippen LogP contribution is 2.43. The van der Waals surface area contributed by atoms with Crippen molar-refractivity contribution in [2.45, 2.75) is 24.5 Å². The van der Waals surface area contributed by atoms with Crippen LogP contribution in [-0.4, -0.2) is 35.7 Å². The van der Waals surface area contributed by atoms with Crippen molar-refractivity contribution in [2.75, 3.05) is 13.2 Å². The number of amides is 1. The third-order valence-corrected chi connectivity index (χ3v) is 7.05. The first kappa shape index (κ1) is 25.4. The number of hydrogen-bond donors (Lipinski definition) is 3. The summed E-state index contributed by atoms with van der Waals surface area (Å²) >= 11 is 7.06. The Balaban J connectivity index is 1.76. The van der Waals surface area contributed by atoms with E-state index in [2.05, 4.69) is 37.3 Å². The van der Waals surface area contributed by atoms with Gasteiger partial charge in [-0.2, -0.15) is 0 Å². The minimum atomic E-state index is -1.34. The van der Waals surface area contributed by atoms with E-state index in [0.29, 0.717) is 30.2 Å². The Bertz CT molecular complexity index is 1200. The molecule has 4 N–H and O–H groups in total. The van der Waals surface area contributed by atoms with Crippen molar-refractivity contribution in [1.82, 2.24) is 5.43 Å². The second kappa shape index (κ2) is 11.3. The summed E-state index contributed by atoms with van der Waals surface area (Å²) in [6.07, 6.45) is 0.115. The summed E-state index contributed by atoms with van der Waals surface area (Å²) in [6, 6.07) is 22.6. The van der Waals surface area contributed by atoms with Crippen LogP contribution in [0.5, 0.6) is 5.75 Å². The second-order valence-electron chi connectivity index (χ2n) is 8.08. The second-order valence-corrected chi connectivity index (χ2v) is 9.85. The first-order valence-electron chi connectivity index (χ1n) is 11.1. The molecule has 0 fully saturated rings. The summed E-state index contributed by atoms with van der Waals surface area (Å²) in [4.78, 5) is 18.3. The smallest absolute Gasteiger partial charge is 0.266 e. The number of nitrogens with zero attached hydrogens (tertiary/aromatic N) is 1. The van der Waals surface area contributed by atoms with Crippen molar-refractivity contribution in [1.29, 1.82) is 0 Å². The van der Waals surface area contributed by atoms with Gasteiger partial charge >= 0.3 is 0 Å². The Morgan fingerprint density at radius 2 is 1.80 bits per heavy atom. The highest BCUT2D eigenvalue weighted by molar-refractivity contribution is 9.10. The molecule has 0 saturated carbocycles. The van der Waals surface area contributed by atoms with Gasteiger partial charge in [-0.25, -0.2) is 10.8 Å². The fourth-order valence-corrected chi connectivity index (χ4v) is 4.67. The van der Waals surface area contributed by atoms with Gasteiger partial charge in [0.1, 0.15) is 5.75 Å². The fourth-order valence-electron chi connectivity index (χ4n) is 3.98. The van der Waals surface area contributed by atoms with Crippen molar-refractivity contribution in [3.8, 4) is 5.75 Å². The Hall–Kier alpha value is -2.72. The topological polar surface area (TPSA) is 106 Å². The summed E-state index contributed by atoms with van der Waals surface area (Å²) in [7, 11) is 0. The number of carbonyl (C=O) groups is 1. The molecule has 0 saturated heterocycles. The first-order chi connectivity index (χ1) is 17.0. The predicted octanol–water partition coefficient (Wildman–Crippen LogP) is 4.46. The molecule has 1 aliphatic heterocycles. The lowest BCUT2D eigenvalue weighted by Gasteiger charge is -2.30. The minimum absolute atomic E-state index is 0.0724. The van der Waals surface area contributed by atoms with E-state index in [1.807, 2.05) is 72.8 Å². The Morgan fingerprint density at radius 1 is 1.09 bits per heavy atom. The number of aliphatic hydroxyl groups is 1. The quantitative estimate of drug-likeness (QED) is 0.145. The Labute approximate surface area is 220 Å². The number of benzene rings is 3. The van der Waals surface area contributed by atoms with Crippen LogP contribution in [0.25, 0.3) is 0 Å². The van der Waals surface area contributed by atoms with Crippen molar-refractivity contribution >= 4 is 43.7 Å². The van der Waals surface area contributed by atoms with E-state index >= 15 is 0 Å². The molecular formula is C26H25Br2N3O4. The number of nitrogens with two attached hydrogens (primary N) is 1. The Kier molecular flexibility index (Phi) is 8.22. The molecule has 7 nitrogen and oxygen atoms in total. The van der Waals surface area contributed by atoms with Crippen LogP contribution in [0, 0.1) is 0 Å². The van der Waals surface area contributed by atoms with Crippen molar-refractivity contribution < 1.29 is 19.4 Å². The highest BCUT2D eigenvalue weighted by atomic mass is 79.9. The van der Waals surface area contributed by atoms with Gasteiger partial charge in [0, 0.05) is 34.0 Å². The van der Waals surface area contributed by atoms with Gasteiger partial charge in [-0.05, 0) is 53.6 Å². The van der Waals surface area contributed by atoms with Gasteiger partial charge in [0.2, 0.25) is 5.90 Å². The molecule has 0 aliphatic carbocycles. The number of nitrogens with one attached hydrogen (secondary N) is 1. The standard InChI is InChI=1S/C26H25Br2N3O4/c27-20-10-6-17(7-11-20)23-26(25(33)31-29,16-19-4-1-2-5-22(19)28)30-24(35-23)18-8-12-21(13-9-18)34-15-3-14-32/h1-2,4-13,23,32H,3,14-16,29H2,(H,31,33)/t23-,26-/m0/s1. The van der Waals surface area contributed by atoms with Crippen LogP contribution in [-0.2, 0) is 16.0 Å². The molecule has 4 rings (SSSR count). The molecule has 1 heterocycles. The number of aliphatic imine (C=N–C) groups is 1. The zero-order valence-corrected chi connectivity index (χ0v) is 22.0. The molecule has 0 radical (unpaired) electrons. The maximum atomic E-state index is 13.4. The monoisotopic (exact) mass is 601 g/mol. The van der Waals surface area contributed by atoms with E-state index in [9.17, 15) is 4.79 Å². The van der Waals surface area contributed by atoms with Crippen molar-refractivity contribution in [3.63, 3.8) is 0 Å². The predicted molar refractivity (Wildman–Crippen MR) is 141 cm³/mol. The average molecular weight is 603 g/mol. The average Bonchev–Trinajstić information content (AvgIpc) is 3.26. The molecule has 0 spiro atoms. The van der Waals surface area contributed by atoms with Crippen molar-refractivity contribution in [2.24, 2.45) is 10.8 Å². The van der Waals surface area contributed by atoms with Crippen LogP contribution < -0.4 is 16.0 Å². The SMILES string of the molecule is NNC(=O)[C@@]1(Cc2ccccc2Br)N=C(c2ccc(OCCCO)cc2)O[C@H]1c1ccc(Br)cc1. The molecule has 2 atom stereocenters. The molecule has 182 valence electrons. The zero-order valence-electron chi connectivity index (χ0n) is 18.8. The maximum absolute atomic E-state index is 13.4. The number of aliphatic hydroxyl groups excluding tert-OH is 1. The zero-order chi connectivity index (χ0) is 24.8. The van der Waals surface area contributed by atoms with Gasteiger partial charge in [0.25, 0.3) is 5.91 Å². The highest BCUT2D eigenvalue weighted by Gasteiger charge is 2.53. The molecule has 1 aliphatic rings. The largest absolute Gasteiger partial charge is 0.494 e. The van der Waals surface area contributed by atoms with Gasteiger partial charge < -0.3 is 14.6 Å². The Morgan fingerprint density at radius 3 is 2.46 bits per heavy atom. The molecule has 3 aromatic carbocycles. The summed E-state index contributed by atoms with van der Waals surface area (Å²) < 4.78 is 13.8. The summed E-state index contributed by atoms with van der Waals surface area (Å²) in [5, 5.41) is 8.94. The van der Waals surface area contributed by atoms with E-state index in [-0.39, 0.29) is 13.0 Å². The summed E-state index contributed by atoms with van der Waals surface area (Å²) in [6.45, 7) is 0.494. The molecule has 0 aromatic heterocycles. The van der Waals surface area contributed by atoms with E-state index < -0.39 is 17.6 Å². The maximum Gasteiger partial charge on any atom is 0.266 e. The van der Waals surface area contributed by atoms with Crippen LogP contribution in [0.1, 0.15) is 29.2 Å². The summed E-state index contributed by atoms with van der Waals surface area (Å²) in [5.74, 6) is 6.25. The number of carbonyl (C=O) groups excluding carboxylic acids is 1. The van der Waals surface area contributed by atoms with E-state index in [0.717, 1.165) is 20.1 Å². The van der Waals surface area contributed by atoms with Gasteiger partial charge in [-0.3, -0.25) is 10.2 Å². The molecule has 1 amide bonds. The van der Waals surface area contributed by atoms with Crippen molar-refractivity contribution in [3.05, 3.63) is 98.4 Å². The lowest BCUT2D eigenvalue weighted by Crippen LogP contribution is -2.52.